The molecule has 5 nitrogen and oxygen atoms in total. The average molecular weight is 628 g/mol. The van der Waals surface area contributed by atoms with Crippen LogP contribution >= 0.6 is 62.5 Å². The van der Waals surface area contributed by atoms with E-state index in [-0.39, 0.29) is 11.4 Å². The quantitative estimate of drug-likeness (QED) is 0.234. The second-order valence-corrected chi connectivity index (χ2v) is 10.7. The van der Waals surface area contributed by atoms with Gasteiger partial charge in [-0.15, -0.1) is 0 Å². The van der Waals surface area contributed by atoms with Crippen LogP contribution in [0.3, 0.4) is 0 Å². The monoisotopic (exact) mass is 625 g/mol. The van der Waals surface area contributed by atoms with Crippen LogP contribution in [0.2, 0.25) is 15.1 Å². The number of nitrogens with zero attached hydrogens (tertiary/aromatic N) is 1. The van der Waals surface area contributed by atoms with Gasteiger partial charge in [0.25, 0.3) is 11.1 Å². The zero-order chi connectivity index (χ0) is 25.8. The summed E-state index contributed by atoms with van der Waals surface area (Å²) in [5.41, 5.74) is 2.14. The van der Waals surface area contributed by atoms with Gasteiger partial charge in [-0.3, -0.25) is 14.5 Å². The third kappa shape index (κ3) is 6.21. The van der Waals surface area contributed by atoms with Crippen molar-refractivity contribution in [1.29, 1.82) is 0 Å². The molecular weight excluding hydrogens is 609 g/mol. The molecule has 2 amide bonds. The van der Waals surface area contributed by atoms with Gasteiger partial charge in [0.15, 0.2) is 11.5 Å². The number of rotatable bonds is 8. The minimum atomic E-state index is -0.418. The van der Waals surface area contributed by atoms with E-state index in [2.05, 4.69) is 15.9 Å². The fraction of sp³-hybridized carbons (Fsp3) is 0.154. The second-order valence-electron chi connectivity index (χ2n) is 7.65. The molecule has 3 aromatic carbocycles. The lowest BCUT2D eigenvalue weighted by atomic mass is 10.1. The van der Waals surface area contributed by atoms with Crippen molar-refractivity contribution >= 4 is 79.7 Å². The number of carbonyl (C=O) groups is 2. The van der Waals surface area contributed by atoms with Gasteiger partial charge < -0.3 is 9.47 Å². The first kappa shape index (κ1) is 26.9. The van der Waals surface area contributed by atoms with Crippen molar-refractivity contribution in [2.45, 2.75) is 20.1 Å². The summed E-state index contributed by atoms with van der Waals surface area (Å²) in [7, 11) is 0. The lowest BCUT2D eigenvalue weighted by molar-refractivity contribution is -0.123. The van der Waals surface area contributed by atoms with E-state index >= 15 is 0 Å². The van der Waals surface area contributed by atoms with Crippen LogP contribution in [0.25, 0.3) is 6.08 Å². The number of carbonyl (C=O) groups excluding carboxylic acids is 2. The van der Waals surface area contributed by atoms with E-state index in [1.165, 1.54) is 0 Å². The Bertz CT molecular complexity index is 1330. The first-order valence-corrected chi connectivity index (χ1v) is 13.5. The number of ether oxygens (including phenoxy) is 2. The average Bonchev–Trinajstić information content (AvgIpc) is 3.09. The van der Waals surface area contributed by atoms with E-state index in [1.54, 1.807) is 48.5 Å². The van der Waals surface area contributed by atoms with Crippen LogP contribution < -0.4 is 9.47 Å². The number of imide groups is 1. The van der Waals surface area contributed by atoms with Gasteiger partial charge in [-0.1, -0.05) is 53.0 Å². The van der Waals surface area contributed by atoms with Crippen molar-refractivity contribution in [2.24, 2.45) is 0 Å². The summed E-state index contributed by atoms with van der Waals surface area (Å²) in [5, 5.41) is 1.04. The predicted molar refractivity (Wildman–Crippen MR) is 149 cm³/mol. The molecule has 0 saturated carbocycles. The van der Waals surface area contributed by atoms with Gasteiger partial charge in [0.2, 0.25) is 0 Å². The molecular formula is C26H19BrCl3NO4S. The molecule has 1 aliphatic heterocycles. The standard InChI is InChI=1S/C26H19BrCl3NO4S/c1-2-34-22-11-16(10-19(27)24(22)35-14-15-6-8-17(28)9-7-15)12-23-25(32)31(26(33)36-23)13-18-20(29)4-3-5-21(18)30/h3-12H,2,13-14H2,1H3/b23-12-. The highest BCUT2D eigenvalue weighted by Gasteiger charge is 2.35. The Hall–Kier alpha value is -2.16. The summed E-state index contributed by atoms with van der Waals surface area (Å²) in [5.74, 6) is 0.623. The highest BCUT2D eigenvalue weighted by Crippen LogP contribution is 2.40. The summed E-state index contributed by atoms with van der Waals surface area (Å²) >= 11 is 22.8. The van der Waals surface area contributed by atoms with Crippen LogP contribution in [0.5, 0.6) is 11.5 Å². The van der Waals surface area contributed by atoms with Gasteiger partial charge >= 0.3 is 0 Å². The van der Waals surface area contributed by atoms with Crippen molar-refractivity contribution < 1.29 is 19.1 Å². The molecule has 10 heteroatoms. The lowest BCUT2D eigenvalue weighted by Gasteiger charge is -2.15. The Balaban J connectivity index is 1.56. The number of thioether (sulfide) groups is 1. The molecule has 1 saturated heterocycles. The van der Waals surface area contributed by atoms with Crippen LogP contribution in [0.4, 0.5) is 4.79 Å². The maximum Gasteiger partial charge on any atom is 0.293 e. The topological polar surface area (TPSA) is 55.8 Å². The minimum Gasteiger partial charge on any atom is -0.490 e. The molecule has 0 bridgehead atoms. The first-order chi connectivity index (χ1) is 17.3. The number of halogens is 4. The Kier molecular flexibility index (Phi) is 8.91. The van der Waals surface area contributed by atoms with Crippen LogP contribution in [-0.4, -0.2) is 22.7 Å². The molecule has 0 radical (unpaired) electrons. The smallest absolute Gasteiger partial charge is 0.293 e. The Morgan fingerprint density at radius 2 is 1.69 bits per heavy atom. The van der Waals surface area contributed by atoms with Crippen LogP contribution in [-0.2, 0) is 17.9 Å². The van der Waals surface area contributed by atoms with Crippen molar-refractivity contribution in [3.05, 3.63) is 95.7 Å². The summed E-state index contributed by atoms with van der Waals surface area (Å²) in [6, 6.07) is 16.0. The molecule has 0 aromatic heterocycles. The highest BCUT2D eigenvalue weighted by atomic mass is 79.9. The van der Waals surface area contributed by atoms with Crippen molar-refractivity contribution in [1.82, 2.24) is 4.90 Å². The highest BCUT2D eigenvalue weighted by molar-refractivity contribution is 9.10. The van der Waals surface area contributed by atoms with Gasteiger partial charge in [-0.25, -0.2) is 0 Å². The molecule has 3 aromatic rings. The van der Waals surface area contributed by atoms with Gasteiger partial charge in [-0.2, -0.15) is 0 Å². The fourth-order valence-electron chi connectivity index (χ4n) is 3.44. The maximum absolute atomic E-state index is 13.0. The lowest BCUT2D eigenvalue weighted by Crippen LogP contribution is -2.27. The molecule has 186 valence electrons. The molecule has 0 spiro atoms. The Morgan fingerprint density at radius 1 is 1.00 bits per heavy atom. The molecule has 4 rings (SSSR count). The van der Waals surface area contributed by atoms with E-state index in [1.807, 2.05) is 19.1 Å². The predicted octanol–water partition coefficient (Wildman–Crippen LogP) is 8.62. The fourth-order valence-corrected chi connectivity index (χ4v) is 5.50. The second kappa shape index (κ2) is 11.9. The molecule has 1 aliphatic rings. The number of benzene rings is 3. The largest absolute Gasteiger partial charge is 0.490 e. The van der Waals surface area contributed by atoms with E-state index in [0.29, 0.717) is 55.4 Å². The van der Waals surface area contributed by atoms with Crippen LogP contribution in [0.1, 0.15) is 23.6 Å². The number of hydrogen-bond acceptors (Lipinski definition) is 5. The normalized spacial score (nSPS) is 14.6. The number of hydrogen-bond donors (Lipinski definition) is 0. The van der Waals surface area contributed by atoms with Gasteiger partial charge in [0.05, 0.1) is 22.5 Å². The Morgan fingerprint density at radius 3 is 2.36 bits per heavy atom. The Labute approximate surface area is 236 Å². The minimum absolute atomic E-state index is 0.00806. The molecule has 0 unspecified atom stereocenters. The molecule has 1 heterocycles. The van der Waals surface area contributed by atoms with Crippen molar-refractivity contribution in [3.8, 4) is 11.5 Å². The summed E-state index contributed by atoms with van der Waals surface area (Å²) < 4.78 is 12.5. The maximum atomic E-state index is 13.0. The summed E-state index contributed by atoms with van der Waals surface area (Å²) in [6.45, 7) is 2.60. The van der Waals surface area contributed by atoms with Crippen LogP contribution in [0.15, 0.2) is 64.0 Å². The molecule has 0 aliphatic carbocycles. The van der Waals surface area contributed by atoms with Gasteiger partial charge in [0.1, 0.15) is 6.61 Å². The van der Waals surface area contributed by atoms with E-state index in [0.717, 1.165) is 22.2 Å². The van der Waals surface area contributed by atoms with E-state index < -0.39 is 11.1 Å². The van der Waals surface area contributed by atoms with Crippen LogP contribution in [0, 0.1) is 0 Å². The SMILES string of the molecule is CCOc1cc(/C=C2\SC(=O)N(Cc3c(Cl)cccc3Cl)C2=O)cc(Br)c1OCc1ccc(Cl)cc1. The van der Waals surface area contributed by atoms with E-state index in [4.69, 9.17) is 44.3 Å². The van der Waals surface area contributed by atoms with Gasteiger partial charge in [0, 0.05) is 20.6 Å². The zero-order valence-electron chi connectivity index (χ0n) is 18.9. The van der Waals surface area contributed by atoms with Gasteiger partial charge in [-0.05, 0) is 88.2 Å². The molecule has 36 heavy (non-hydrogen) atoms. The third-order valence-electron chi connectivity index (χ3n) is 5.18. The zero-order valence-corrected chi connectivity index (χ0v) is 23.6. The first-order valence-electron chi connectivity index (χ1n) is 10.8. The third-order valence-corrected chi connectivity index (χ3v) is 7.63. The van der Waals surface area contributed by atoms with Crippen molar-refractivity contribution in [2.75, 3.05) is 6.61 Å². The summed E-state index contributed by atoms with van der Waals surface area (Å²) in [6.07, 6.45) is 1.65. The molecule has 0 atom stereocenters. The summed E-state index contributed by atoms with van der Waals surface area (Å²) in [4.78, 5) is 27.1. The van der Waals surface area contributed by atoms with E-state index in [9.17, 15) is 9.59 Å². The molecule has 1 fully saturated rings. The molecule has 0 N–H and O–H groups in total. The number of amides is 2. The van der Waals surface area contributed by atoms with Crippen molar-refractivity contribution in [3.63, 3.8) is 0 Å².